The van der Waals surface area contributed by atoms with Gasteiger partial charge in [0.15, 0.2) is 0 Å². The van der Waals surface area contributed by atoms with Crippen LogP contribution in [-0.4, -0.2) is 10.1 Å². The molecule has 2 N–H and O–H groups in total. The van der Waals surface area contributed by atoms with E-state index < -0.39 is 0 Å². The lowest BCUT2D eigenvalue weighted by atomic mass is 10.2. The number of hydrogen-bond donors (Lipinski definition) is 1. The first-order chi connectivity index (χ1) is 8.72. The van der Waals surface area contributed by atoms with Gasteiger partial charge in [-0.15, -0.1) is 11.3 Å². The summed E-state index contributed by atoms with van der Waals surface area (Å²) in [5.74, 6) is 0.409. The van der Waals surface area contributed by atoms with E-state index in [-0.39, 0.29) is 5.82 Å². The van der Waals surface area contributed by atoms with Gasteiger partial charge in [0, 0.05) is 5.56 Å². The van der Waals surface area contributed by atoms with Crippen LogP contribution in [0.3, 0.4) is 0 Å². The van der Waals surface area contributed by atoms with E-state index in [1.807, 2.05) is 6.07 Å². The third kappa shape index (κ3) is 1.98. The van der Waals surface area contributed by atoms with Crippen LogP contribution in [-0.2, 0) is 0 Å². The van der Waals surface area contributed by atoms with Crippen LogP contribution in [0.25, 0.3) is 22.2 Å². The minimum atomic E-state index is -0.334. The van der Waals surface area contributed by atoms with E-state index in [2.05, 4.69) is 10.1 Å². The van der Waals surface area contributed by atoms with Gasteiger partial charge in [0.1, 0.15) is 5.82 Å². The van der Waals surface area contributed by atoms with Gasteiger partial charge in [0.2, 0.25) is 5.82 Å². The summed E-state index contributed by atoms with van der Waals surface area (Å²) in [5, 5.41) is 4.50. The van der Waals surface area contributed by atoms with Gasteiger partial charge < -0.3 is 10.3 Å². The quantitative estimate of drug-likeness (QED) is 0.769. The van der Waals surface area contributed by atoms with Gasteiger partial charge in [0.25, 0.3) is 5.89 Å². The van der Waals surface area contributed by atoms with Crippen LogP contribution in [0.1, 0.15) is 0 Å². The molecule has 90 valence electrons. The van der Waals surface area contributed by atoms with Gasteiger partial charge >= 0.3 is 0 Å². The summed E-state index contributed by atoms with van der Waals surface area (Å²) in [6, 6.07) is 9.63. The molecule has 2 aromatic heterocycles. The lowest BCUT2D eigenvalue weighted by Crippen LogP contribution is -1.82. The van der Waals surface area contributed by atoms with Gasteiger partial charge in [-0.3, -0.25) is 0 Å². The molecule has 3 aromatic rings. The molecule has 6 heteroatoms. The number of nitrogen functional groups attached to an aromatic ring is 1. The second kappa shape index (κ2) is 4.23. The van der Waals surface area contributed by atoms with Crippen LogP contribution < -0.4 is 5.73 Å². The van der Waals surface area contributed by atoms with Crippen LogP contribution >= 0.6 is 11.3 Å². The fraction of sp³-hybridized carbons (Fsp3) is 0. The van der Waals surface area contributed by atoms with Gasteiger partial charge in [-0.25, -0.2) is 4.39 Å². The number of rotatable bonds is 2. The predicted octanol–water partition coefficient (Wildman–Crippen LogP) is 3.19. The molecule has 2 heterocycles. The standard InChI is InChI=1S/C12H8FN3OS/c13-8-3-1-2-7(6-8)11-15-12(17-16-11)9-4-5-10(14)18-9/h1-6H,14H2. The monoisotopic (exact) mass is 261 g/mol. The molecule has 0 saturated carbocycles. The molecule has 0 atom stereocenters. The number of nitrogens with zero attached hydrogens (tertiary/aromatic N) is 2. The first kappa shape index (κ1) is 10.9. The maximum atomic E-state index is 13.1. The molecule has 0 radical (unpaired) electrons. The summed E-state index contributed by atoms with van der Waals surface area (Å²) >= 11 is 1.36. The van der Waals surface area contributed by atoms with Crippen LogP contribution in [0, 0.1) is 5.82 Å². The Kier molecular flexibility index (Phi) is 2.56. The molecule has 0 spiro atoms. The normalized spacial score (nSPS) is 10.7. The predicted molar refractivity (Wildman–Crippen MR) is 67.4 cm³/mol. The Bertz CT molecular complexity index is 692. The molecule has 4 nitrogen and oxygen atoms in total. The number of anilines is 1. The van der Waals surface area contributed by atoms with E-state index in [0.717, 1.165) is 4.88 Å². The highest BCUT2D eigenvalue weighted by Crippen LogP contribution is 2.29. The zero-order valence-corrected chi connectivity index (χ0v) is 9.95. The average molecular weight is 261 g/mol. The Morgan fingerprint density at radius 1 is 1.22 bits per heavy atom. The van der Waals surface area contributed by atoms with E-state index in [1.54, 1.807) is 18.2 Å². The molecule has 3 rings (SSSR count). The number of aromatic nitrogens is 2. The van der Waals surface area contributed by atoms with Gasteiger partial charge in [-0.2, -0.15) is 4.98 Å². The summed E-state index contributed by atoms with van der Waals surface area (Å²) in [4.78, 5) is 5.01. The number of thiophene rings is 1. The van der Waals surface area contributed by atoms with Crippen LogP contribution in [0.5, 0.6) is 0 Å². The van der Waals surface area contributed by atoms with Crippen molar-refractivity contribution in [1.82, 2.24) is 10.1 Å². The van der Waals surface area contributed by atoms with Crippen molar-refractivity contribution in [3.63, 3.8) is 0 Å². The lowest BCUT2D eigenvalue weighted by Gasteiger charge is -1.92. The minimum absolute atomic E-state index is 0.334. The average Bonchev–Trinajstić information content (AvgIpc) is 2.97. The van der Waals surface area contributed by atoms with Gasteiger partial charge in [-0.1, -0.05) is 17.3 Å². The summed E-state index contributed by atoms with van der Waals surface area (Å²) < 4.78 is 18.2. The maximum Gasteiger partial charge on any atom is 0.268 e. The molecule has 0 saturated heterocycles. The highest BCUT2D eigenvalue weighted by molar-refractivity contribution is 7.19. The molecule has 18 heavy (non-hydrogen) atoms. The van der Waals surface area contributed by atoms with E-state index in [9.17, 15) is 4.39 Å². The summed E-state index contributed by atoms with van der Waals surface area (Å²) in [6.07, 6.45) is 0. The molecule has 0 aliphatic rings. The molecule has 0 aliphatic carbocycles. The SMILES string of the molecule is Nc1ccc(-c2nc(-c3cccc(F)c3)no2)s1. The molecular weight excluding hydrogens is 253 g/mol. The van der Waals surface area contributed by atoms with Crippen molar-refractivity contribution in [3.05, 3.63) is 42.2 Å². The Hall–Kier alpha value is -2.21. The maximum absolute atomic E-state index is 13.1. The Morgan fingerprint density at radius 2 is 2.11 bits per heavy atom. The van der Waals surface area contributed by atoms with Crippen molar-refractivity contribution in [1.29, 1.82) is 0 Å². The summed E-state index contributed by atoms with van der Waals surface area (Å²) in [6.45, 7) is 0. The largest absolute Gasteiger partial charge is 0.391 e. The topological polar surface area (TPSA) is 64.9 Å². The van der Waals surface area contributed by atoms with E-state index in [0.29, 0.717) is 22.3 Å². The highest BCUT2D eigenvalue weighted by Gasteiger charge is 2.12. The van der Waals surface area contributed by atoms with Crippen molar-refractivity contribution >= 4 is 16.3 Å². The second-order valence-corrected chi connectivity index (χ2v) is 4.75. The highest BCUT2D eigenvalue weighted by atomic mass is 32.1. The summed E-state index contributed by atoms with van der Waals surface area (Å²) in [7, 11) is 0. The third-order valence-electron chi connectivity index (χ3n) is 2.35. The fourth-order valence-corrected chi connectivity index (χ4v) is 2.23. The number of halogens is 1. The smallest absolute Gasteiger partial charge is 0.268 e. The first-order valence-electron chi connectivity index (χ1n) is 5.18. The van der Waals surface area contributed by atoms with E-state index in [1.165, 1.54) is 23.5 Å². The number of benzene rings is 1. The lowest BCUT2D eigenvalue weighted by molar-refractivity contribution is 0.433. The molecule has 0 amide bonds. The van der Waals surface area contributed by atoms with Crippen molar-refractivity contribution in [2.45, 2.75) is 0 Å². The number of nitrogens with two attached hydrogens (primary N) is 1. The molecule has 0 aliphatic heterocycles. The van der Waals surface area contributed by atoms with Crippen LogP contribution in [0.15, 0.2) is 40.9 Å². The Labute approximate surface area is 106 Å². The Morgan fingerprint density at radius 3 is 2.83 bits per heavy atom. The second-order valence-electron chi connectivity index (χ2n) is 3.64. The minimum Gasteiger partial charge on any atom is -0.391 e. The molecule has 0 fully saturated rings. The molecule has 0 bridgehead atoms. The van der Waals surface area contributed by atoms with Gasteiger partial charge in [0.05, 0.1) is 9.88 Å². The van der Waals surface area contributed by atoms with Crippen LogP contribution in [0.4, 0.5) is 9.39 Å². The van der Waals surface area contributed by atoms with Crippen molar-refractivity contribution < 1.29 is 8.91 Å². The molecule has 1 aromatic carbocycles. The van der Waals surface area contributed by atoms with E-state index >= 15 is 0 Å². The van der Waals surface area contributed by atoms with Gasteiger partial charge in [-0.05, 0) is 24.3 Å². The Balaban J connectivity index is 1.99. The third-order valence-corrected chi connectivity index (χ3v) is 3.25. The fourth-order valence-electron chi connectivity index (χ4n) is 1.54. The summed E-state index contributed by atoms with van der Waals surface area (Å²) in [5.41, 5.74) is 6.21. The van der Waals surface area contributed by atoms with Crippen molar-refractivity contribution in [3.8, 4) is 22.2 Å². The first-order valence-corrected chi connectivity index (χ1v) is 5.99. The van der Waals surface area contributed by atoms with E-state index in [4.69, 9.17) is 10.3 Å². The number of hydrogen-bond acceptors (Lipinski definition) is 5. The molecular formula is C12H8FN3OS. The molecule has 0 unspecified atom stereocenters. The zero-order valence-electron chi connectivity index (χ0n) is 9.13. The van der Waals surface area contributed by atoms with Crippen LogP contribution in [0.2, 0.25) is 0 Å². The van der Waals surface area contributed by atoms with Crippen molar-refractivity contribution in [2.75, 3.05) is 5.73 Å². The van der Waals surface area contributed by atoms with Crippen molar-refractivity contribution in [2.24, 2.45) is 0 Å². The zero-order chi connectivity index (χ0) is 12.5.